The van der Waals surface area contributed by atoms with Crippen molar-refractivity contribution in [3.63, 3.8) is 0 Å². The molecule has 0 saturated carbocycles. The number of carbonyl (C=O) groups excluding carboxylic acids is 1. The van der Waals surface area contributed by atoms with E-state index < -0.39 is 0 Å². The summed E-state index contributed by atoms with van der Waals surface area (Å²) in [6.45, 7) is 1.89. The second kappa shape index (κ2) is 7.53. The number of nitrogens with one attached hydrogen (secondary N) is 1. The number of nitrogens with zero attached hydrogens (tertiary/aromatic N) is 4. The number of hydrogen-bond donors (Lipinski definition) is 2. The van der Waals surface area contributed by atoms with Gasteiger partial charge in [-0.1, -0.05) is 6.07 Å². The van der Waals surface area contributed by atoms with E-state index in [0.29, 0.717) is 5.82 Å². The maximum Gasteiger partial charge on any atom is 0.243 e. The third-order valence-electron chi connectivity index (χ3n) is 2.91. The van der Waals surface area contributed by atoms with E-state index in [-0.39, 0.29) is 30.4 Å². The Bertz CT molecular complexity index is 568. The maximum absolute atomic E-state index is 11.9. The fourth-order valence-electron chi connectivity index (χ4n) is 1.77. The SMILES string of the molecule is CSC(CO)C(C)NC(=O)Cn1nnc(-c2cccs2)n1. The quantitative estimate of drug-likeness (QED) is 0.775. The van der Waals surface area contributed by atoms with Crippen molar-refractivity contribution in [3.05, 3.63) is 17.5 Å². The van der Waals surface area contributed by atoms with Crippen LogP contribution >= 0.6 is 23.1 Å². The van der Waals surface area contributed by atoms with Crippen LogP contribution < -0.4 is 5.32 Å². The van der Waals surface area contributed by atoms with Gasteiger partial charge < -0.3 is 10.4 Å². The first-order valence-corrected chi connectivity index (χ1v) is 8.55. The summed E-state index contributed by atoms with van der Waals surface area (Å²) in [4.78, 5) is 14.1. The molecular formula is C12H17N5O2S2. The van der Waals surface area contributed by atoms with Gasteiger partial charge in [0.15, 0.2) is 0 Å². The number of hydrogen-bond acceptors (Lipinski definition) is 7. The van der Waals surface area contributed by atoms with Crippen LogP contribution in [0.3, 0.4) is 0 Å². The molecule has 9 heteroatoms. The minimum Gasteiger partial charge on any atom is -0.395 e. The zero-order valence-corrected chi connectivity index (χ0v) is 13.4. The Morgan fingerprint density at radius 2 is 2.43 bits per heavy atom. The molecule has 0 fully saturated rings. The number of rotatable bonds is 7. The zero-order valence-electron chi connectivity index (χ0n) is 11.8. The van der Waals surface area contributed by atoms with Crippen molar-refractivity contribution < 1.29 is 9.90 Å². The molecule has 0 saturated heterocycles. The van der Waals surface area contributed by atoms with Gasteiger partial charge in [0.2, 0.25) is 11.7 Å². The van der Waals surface area contributed by atoms with Crippen molar-refractivity contribution in [2.75, 3.05) is 12.9 Å². The molecule has 2 N–H and O–H groups in total. The normalized spacial score (nSPS) is 13.9. The molecule has 2 atom stereocenters. The molecule has 114 valence electrons. The van der Waals surface area contributed by atoms with E-state index in [0.717, 1.165) is 4.88 Å². The lowest BCUT2D eigenvalue weighted by Crippen LogP contribution is -2.42. The summed E-state index contributed by atoms with van der Waals surface area (Å²) >= 11 is 3.03. The highest BCUT2D eigenvalue weighted by atomic mass is 32.2. The summed E-state index contributed by atoms with van der Waals surface area (Å²) in [5, 5.41) is 25.9. The Morgan fingerprint density at radius 1 is 1.62 bits per heavy atom. The highest BCUT2D eigenvalue weighted by molar-refractivity contribution is 7.99. The van der Waals surface area contributed by atoms with Crippen LogP contribution in [0.1, 0.15) is 6.92 Å². The first kappa shape index (κ1) is 15.9. The highest BCUT2D eigenvalue weighted by Crippen LogP contribution is 2.19. The van der Waals surface area contributed by atoms with Gasteiger partial charge in [-0.25, -0.2) is 0 Å². The Hall–Kier alpha value is -1.45. The van der Waals surface area contributed by atoms with Crippen LogP contribution in [-0.4, -0.2) is 55.4 Å². The first-order chi connectivity index (χ1) is 10.1. The number of aromatic nitrogens is 4. The van der Waals surface area contributed by atoms with E-state index in [1.165, 1.54) is 27.9 Å². The Morgan fingerprint density at radius 3 is 3.05 bits per heavy atom. The summed E-state index contributed by atoms with van der Waals surface area (Å²) in [6.07, 6.45) is 1.90. The first-order valence-electron chi connectivity index (χ1n) is 6.38. The van der Waals surface area contributed by atoms with E-state index in [4.69, 9.17) is 0 Å². The molecule has 2 rings (SSSR count). The average Bonchev–Trinajstić information content (AvgIpc) is 3.10. The van der Waals surface area contributed by atoms with Crippen molar-refractivity contribution in [3.8, 4) is 10.7 Å². The number of thioether (sulfide) groups is 1. The van der Waals surface area contributed by atoms with Gasteiger partial charge in [-0.05, 0) is 29.8 Å². The van der Waals surface area contributed by atoms with E-state index in [1.807, 2.05) is 30.7 Å². The van der Waals surface area contributed by atoms with Gasteiger partial charge >= 0.3 is 0 Å². The van der Waals surface area contributed by atoms with E-state index in [9.17, 15) is 9.90 Å². The number of thiophene rings is 1. The molecule has 21 heavy (non-hydrogen) atoms. The van der Waals surface area contributed by atoms with Crippen molar-refractivity contribution in [2.45, 2.75) is 24.8 Å². The van der Waals surface area contributed by atoms with E-state index in [1.54, 1.807) is 0 Å². The van der Waals surface area contributed by atoms with Crippen molar-refractivity contribution >= 4 is 29.0 Å². The molecular weight excluding hydrogens is 310 g/mol. The summed E-state index contributed by atoms with van der Waals surface area (Å²) in [6, 6.07) is 3.68. The third kappa shape index (κ3) is 4.26. The van der Waals surface area contributed by atoms with Crippen LogP contribution in [0.25, 0.3) is 10.7 Å². The lowest BCUT2D eigenvalue weighted by atomic mass is 10.2. The van der Waals surface area contributed by atoms with Gasteiger partial charge in [-0.3, -0.25) is 4.79 Å². The van der Waals surface area contributed by atoms with Crippen LogP contribution in [0, 0.1) is 0 Å². The lowest BCUT2D eigenvalue weighted by molar-refractivity contribution is -0.122. The minimum absolute atomic E-state index is 0.00917. The van der Waals surface area contributed by atoms with Gasteiger partial charge in [-0.2, -0.15) is 16.6 Å². The zero-order chi connectivity index (χ0) is 15.2. The van der Waals surface area contributed by atoms with E-state index in [2.05, 4.69) is 20.7 Å². The summed E-state index contributed by atoms with van der Waals surface area (Å²) in [7, 11) is 0. The van der Waals surface area contributed by atoms with E-state index >= 15 is 0 Å². The molecule has 2 heterocycles. The smallest absolute Gasteiger partial charge is 0.243 e. The minimum atomic E-state index is -0.204. The largest absolute Gasteiger partial charge is 0.395 e. The maximum atomic E-state index is 11.9. The molecule has 2 aromatic rings. The molecule has 0 spiro atoms. The number of amides is 1. The van der Waals surface area contributed by atoms with Crippen LogP contribution in [0.15, 0.2) is 17.5 Å². The highest BCUT2D eigenvalue weighted by Gasteiger charge is 2.18. The van der Waals surface area contributed by atoms with Gasteiger partial charge in [0.25, 0.3) is 0 Å². The van der Waals surface area contributed by atoms with Gasteiger partial charge in [0, 0.05) is 11.3 Å². The van der Waals surface area contributed by atoms with Gasteiger partial charge in [-0.15, -0.1) is 21.5 Å². The molecule has 2 aromatic heterocycles. The number of tetrazole rings is 1. The lowest BCUT2D eigenvalue weighted by Gasteiger charge is -2.20. The van der Waals surface area contributed by atoms with Gasteiger partial charge in [0.05, 0.1) is 11.5 Å². The second-order valence-electron chi connectivity index (χ2n) is 4.43. The predicted octanol–water partition coefficient (Wildman–Crippen LogP) is 0.630. The molecule has 7 nitrogen and oxygen atoms in total. The standard InChI is InChI=1S/C12H17N5O2S2/c1-8(10(7-18)20-2)13-11(19)6-17-15-12(14-16-17)9-4-3-5-21-9/h3-5,8,10,18H,6-7H2,1-2H3,(H,13,19). The van der Waals surface area contributed by atoms with Gasteiger partial charge in [0.1, 0.15) is 6.54 Å². The molecule has 0 aromatic carbocycles. The Balaban J connectivity index is 1.91. The fourth-order valence-corrected chi connectivity index (χ4v) is 3.05. The third-order valence-corrected chi connectivity index (χ3v) is 4.94. The average molecular weight is 327 g/mol. The second-order valence-corrected chi connectivity index (χ2v) is 6.46. The number of carbonyl (C=O) groups is 1. The van der Waals surface area contributed by atoms with Crippen LogP contribution in [0.4, 0.5) is 0 Å². The predicted molar refractivity (Wildman–Crippen MR) is 83.1 cm³/mol. The summed E-state index contributed by atoms with van der Waals surface area (Å²) in [5.74, 6) is 0.313. The number of aliphatic hydroxyl groups is 1. The van der Waals surface area contributed by atoms with Crippen LogP contribution in [0.2, 0.25) is 0 Å². The van der Waals surface area contributed by atoms with Crippen molar-refractivity contribution in [2.24, 2.45) is 0 Å². The topological polar surface area (TPSA) is 92.9 Å². The Labute approximate surface area is 130 Å². The monoisotopic (exact) mass is 327 g/mol. The van der Waals surface area contributed by atoms with Crippen molar-refractivity contribution in [1.29, 1.82) is 0 Å². The molecule has 0 aliphatic heterocycles. The fraction of sp³-hybridized carbons (Fsp3) is 0.500. The number of aliphatic hydroxyl groups excluding tert-OH is 1. The summed E-state index contributed by atoms with van der Waals surface area (Å²) in [5.41, 5.74) is 0. The Kier molecular flexibility index (Phi) is 5.71. The molecule has 0 aliphatic rings. The molecule has 0 bridgehead atoms. The molecule has 2 unspecified atom stereocenters. The summed E-state index contributed by atoms with van der Waals surface area (Å²) < 4.78 is 0. The molecule has 0 aliphatic carbocycles. The van der Waals surface area contributed by atoms with Crippen LogP contribution in [-0.2, 0) is 11.3 Å². The molecule has 1 amide bonds. The van der Waals surface area contributed by atoms with Crippen LogP contribution in [0.5, 0.6) is 0 Å². The molecule has 0 radical (unpaired) electrons. The van der Waals surface area contributed by atoms with Crippen molar-refractivity contribution in [1.82, 2.24) is 25.5 Å².